The predicted octanol–water partition coefficient (Wildman–Crippen LogP) is 3.22. The van der Waals surface area contributed by atoms with E-state index in [9.17, 15) is 13.6 Å². The van der Waals surface area contributed by atoms with Crippen LogP contribution in [0.2, 0.25) is 0 Å². The number of hydrogen-bond acceptors (Lipinski definition) is 6. The van der Waals surface area contributed by atoms with Crippen molar-refractivity contribution >= 4 is 0 Å². The van der Waals surface area contributed by atoms with Gasteiger partial charge in [0.1, 0.15) is 11.5 Å². The van der Waals surface area contributed by atoms with Gasteiger partial charge in [-0.15, -0.1) is 0 Å². The van der Waals surface area contributed by atoms with Gasteiger partial charge in [0.15, 0.2) is 0 Å². The number of nitrogens with zero attached hydrogens (tertiary/aromatic N) is 6. The van der Waals surface area contributed by atoms with E-state index >= 15 is 0 Å². The maximum absolute atomic E-state index is 12.7. The third kappa shape index (κ3) is 3.68. The Morgan fingerprint density at radius 2 is 1.86 bits per heavy atom. The highest BCUT2D eigenvalue weighted by molar-refractivity contribution is 5.62. The van der Waals surface area contributed by atoms with E-state index in [1.54, 1.807) is 13.1 Å². The Bertz CT molecular complexity index is 1210. The SMILES string of the molecule is Cc1ccc(-c2noc(C)c2Cn2ncc(-c3cnn(C(F)F)c3)cc2=O)cn1. The Hall–Kier alpha value is -3.69. The van der Waals surface area contributed by atoms with Crippen molar-refractivity contribution in [3.63, 3.8) is 0 Å². The van der Waals surface area contributed by atoms with Crippen molar-refractivity contribution in [2.75, 3.05) is 0 Å². The molecule has 0 aliphatic carbocycles. The van der Waals surface area contributed by atoms with Crippen LogP contribution in [0.5, 0.6) is 0 Å². The Labute approximate surface area is 163 Å². The summed E-state index contributed by atoms with van der Waals surface area (Å²) in [5, 5.41) is 11.8. The normalized spacial score (nSPS) is 11.3. The topological polar surface area (TPSA) is 91.6 Å². The summed E-state index contributed by atoms with van der Waals surface area (Å²) in [5.41, 5.74) is 3.35. The van der Waals surface area contributed by atoms with Crippen LogP contribution < -0.4 is 5.56 Å². The van der Waals surface area contributed by atoms with E-state index in [0.29, 0.717) is 32.8 Å². The van der Waals surface area contributed by atoms with Crippen LogP contribution >= 0.6 is 0 Å². The fourth-order valence-electron chi connectivity index (χ4n) is 2.87. The van der Waals surface area contributed by atoms with E-state index in [1.165, 1.54) is 23.1 Å². The molecule has 4 aromatic heterocycles. The van der Waals surface area contributed by atoms with E-state index in [1.807, 2.05) is 19.1 Å². The molecule has 0 unspecified atom stereocenters. The second kappa shape index (κ2) is 7.38. The summed E-state index contributed by atoms with van der Waals surface area (Å²) >= 11 is 0. The zero-order chi connectivity index (χ0) is 20.5. The Morgan fingerprint density at radius 1 is 1.07 bits per heavy atom. The van der Waals surface area contributed by atoms with Crippen molar-refractivity contribution in [3.8, 4) is 22.4 Å². The summed E-state index contributed by atoms with van der Waals surface area (Å²) in [7, 11) is 0. The van der Waals surface area contributed by atoms with Gasteiger partial charge in [0.25, 0.3) is 5.56 Å². The summed E-state index contributed by atoms with van der Waals surface area (Å²) in [5.74, 6) is 0.566. The maximum atomic E-state index is 12.7. The first-order valence-corrected chi connectivity index (χ1v) is 8.70. The molecule has 4 rings (SSSR count). The van der Waals surface area contributed by atoms with Gasteiger partial charge in [-0.05, 0) is 26.0 Å². The molecule has 0 amide bonds. The van der Waals surface area contributed by atoms with Crippen LogP contribution in [-0.4, -0.2) is 29.7 Å². The maximum Gasteiger partial charge on any atom is 0.333 e. The molecule has 10 heteroatoms. The van der Waals surface area contributed by atoms with E-state index in [0.717, 1.165) is 17.5 Å². The Kier molecular flexibility index (Phi) is 4.75. The average molecular weight is 398 g/mol. The van der Waals surface area contributed by atoms with E-state index in [-0.39, 0.29) is 12.1 Å². The minimum atomic E-state index is -2.75. The molecule has 8 nitrogen and oxygen atoms in total. The molecule has 0 saturated carbocycles. The highest BCUT2D eigenvalue weighted by Gasteiger charge is 2.17. The van der Waals surface area contributed by atoms with Gasteiger partial charge in [0.2, 0.25) is 0 Å². The predicted molar refractivity (Wildman–Crippen MR) is 99.3 cm³/mol. The molecule has 0 aliphatic rings. The summed E-state index contributed by atoms with van der Waals surface area (Å²) in [6.07, 6.45) is 5.55. The molecular weight excluding hydrogens is 382 g/mol. The van der Waals surface area contributed by atoms with Crippen LogP contribution in [-0.2, 0) is 6.54 Å². The third-order valence-electron chi connectivity index (χ3n) is 4.48. The molecule has 0 atom stereocenters. The average Bonchev–Trinajstić information content (AvgIpc) is 3.32. The van der Waals surface area contributed by atoms with Gasteiger partial charge in [-0.2, -0.15) is 19.0 Å². The van der Waals surface area contributed by atoms with Crippen LogP contribution in [0.15, 0.2) is 52.3 Å². The van der Waals surface area contributed by atoms with E-state index in [2.05, 4.69) is 20.3 Å². The largest absolute Gasteiger partial charge is 0.361 e. The second-order valence-electron chi connectivity index (χ2n) is 6.48. The molecule has 29 heavy (non-hydrogen) atoms. The number of hydrogen-bond donors (Lipinski definition) is 0. The standard InChI is InChI=1S/C19H16F2N6O2/c1-11-3-4-13(6-22-11)18-16(12(2)29-25-18)10-26-17(28)5-14(7-23-26)15-8-24-27(9-15)19(20)21/h3-9,19H,10H2,1-2H3. The molecule has 4 aromatic rings. The molecule has 0 bridgehead atoms. The van der Waals surface area contributed by atoms with Crippen LogP contribution in [0.25, 0.3) is 22.4 Å². The molecular formula is C19H16F2N6O2. The monoisotopic (exact) mass is 398 g/mol. The number of aromatic nitrogens is 6. The van der Waals surface area contributed by atoms with Gasteiger partial charge < -0.3 is 4.52 Å². The molecule has 4 heterocycles. The van der Waals surface area contributed by atoms with Crippen molar-refractivity contribution in [1.29, 1.82) is 0 Å². The van der Waals surface area contributed by atoms with Crippen molar-refractivity contribution in [2.45, 2.75) is 26.9 Å². The number of rotatable bonds is 5. The van der Waals surface area contributed by atoms with Crippen LogP contribution in [0.4, 0.5) is 8.78 Å². The summed E-state index contributed by atoms with van der Waals surface area (Å²) < 4.78 is 32.5. The lowest BCUT2D eigenvalue weighted by molar-refractivity contribution is 0.0566. The second-order valence-corrected chi connectivity index (χ2v) is 6.48. The minimum absolute atomic E-state index is 0.147. The van der Waals surface area contributed by atoms with Gasteiger partial charge >= 0.3 is 6.55 Å². The Morgan fingerprint density at radius 3 is 2.52 bits per heavy atom. The Balaban J connectivity index is 1.65. The number of alkyl halides is 2. The molecule has 0 aliphatic heterocycles. The fourth-order valence-corrected chi connectivity index (χ4v) is 2.87. The van der Waals surface area contributed by atoms with Crippen LogP contribution in [0, 0.1) is 13.8 Å². The van der Waals surface area contributed by atoms with Gasteiger partial charge in [-0.3, -0.25) is 9.78 Å². The molecule has 0 saturated heterocycles. The lowest BCUT2D eigenvalue weighted by Crippen LogP contribution is -2.23. The first-order chi connectivity index (χ1) is 13.9. The van der Waals surface area contributed by atoms with Crippen molar-refractivity contribution in [2.24, 2.45) is 0 Å². The molecule has 0 aromatic carbocycles. The zero-order valence-electron chi connectivity index (χ0n) is 15.6. The molecule has 0 spiro atoms. The van der Waals surface area contributed by atoms with Gasteiger partial charge in [0.05, 0.1) is 18.9 Å². The minimum Gasteiger partial charge on any atom is -0.361 e. The number of halogens is 2. The summed E-state index contributed by atoms with van der Waals surface area (Å²) in [6.45, 7) is 1.04. The molecule has 148 valence electrons. The molecule has 0 radical (unpaired) electrons. The number of aryl methyl sites for hydroxylation is 2. The lowest BCUT2D eigenvalue weighted by atomic mass is 10.1. The summed E-state index contributed by atoms with van der Waals surface area (Å²) in [6, 6.07) is 5.07. The van der Waals surface area contributed by atoms with Crippen molar-refractivity contribution in [1.82, 2.24) is 29.7 Å². The van der Waals surface area contributed by atoms with Gasteiger partial charge in [0, 0.05) is 46.4 Å². The third-order valence-corrected chi connectivity index (χ3v) is 4.48. The lowest BCUT2D eigenvalue weighted by Gasteiger charge is -2.06. The van der Waals surface area contributed by atoms with Gasteiger partial charge in [-0.1, -0.05) is 5.16 Å². The smallest absolute Gasteiger partial charge is 0.333 e. The quantitative estimate of drug-likeness (QED) is 0.513. The van der Waals surface area contributed by atoms with E-state index in [4.69, 9.17) is 4.52 Å². The highest BCUT2D eigenvalue weighted by Crippen LogP contribution is 2.25. The molecule has 0 fully saturated rings. The fraction of sp³-hybridized carbons (Fsp3) is 0.211. The molecule has 0 N–H and O–H groups in total. The van der Waals surface area contributed by atoms with Crippen molar-refractivity contribution < 1.29 is 13.3 Å². The first-order valence-electron chi connectivity index (χ1n) is 8.70. The van der Waals surface area contributed by atoms with Crippen LogP contribution in [0.3, 0.4) is 0 Å². The summed E-state index contributed by atoms with van der Waals surface area (Å²) in [4.78, 5) is 16.8. The zero-order valence-corrected chi connectivity index (χ0v) is 15.6. The highest BCUT2D eigenvalue weighted by atomic mass is 19.3. The van der Waals surface area contributed by atoms with Crippen LogP contribution in [0.1, 0.15) is 23.6 Å². The number of pyridine rings is 1. The van der Waals surface area contributed by atoms with Crippen molar-refractivity contribution in [3.05, 3.63) is 70.4 Å². The van der Waals surface area contributed by atoms with Gasteiger partial charge in [-0.25, -0.2) is 9.36 Å². The first kappa shape index (κ1) is 18.7. The van der Waals surface area contributed by atoms with E-state index < -0.39 is 6.55 Å².